The number of hydrogen-bond donors (Lipinski definition) is 0. The van der Waals surface area contributed by atoms with Crippen molar-refractivity contribution in [3.8, 4) is 5.75 Å². The molecule has 2 aromatic carbocycles. The minimum Gasteiger partial charge on any atom is -0.496 e. The minimum atomic E-state index is 0.0561. The molecule has 2 aliphatic heterocycles. The number of amides is 1. The quantitative estimate of drug-likeness (QED) is 0.650. The Hall–Kier alpha value is -3.06. The van der Waals surface area contributed by atoms with Gasteiger partial charge in [-0.3, -0.25) is 9.79 Å². The molecule has 170 valence electrons. The molecule has 0 aliphatic carbocycles. The molecule has 0 spiro atoms. The SMILES string of the molecule is C=Nc1ccc(N2CCOCC2)c(C(=O)N2CCN(c3ccc(OC)c(CC)c3)CC2)c1. The summed E-state index contributed by atoms with van der Waals surface area (Å²) in [6, 6.07) is 12.1. The Balaban J connectivity index is 1.49. The molecule has 32 heavy (non-hydrogen) atoms. The second-order valence-electron chi connectivity index (χ2n) is 8.09. The Morgan fingerprint density at radius 2 is 1.78 bits per heavy atom. The largest absolute Gasteiger partial charge is 0.496 e. The van der Waals surface area contributed by atoms with Crippen molar-refractivity contribution in [1.82, 2.24) is 4.90 Å². The summed E-state index contributed by atoms with van der Waals surface area (Å²) in [4.78, 5) is 24.1. The number of carbonyl (C=O) groups excluding carboxylic acids is 1. The van der Waals surface area contributed by atoms with Crippen LogP contribution in [0.4, 0.5) is 17.1 Å². The zero-order valence-electron chi connectivity index (χ0n) is 19.0. The highest BCUT2D eigenvalue weighted by atomic mass is 16.5. The van der Waals surface area contributed by atoms with E-state index in [2.05, 4.69) is 40.6 Å². The Morgan fingerprint density at radius 1 is 1.03 bits per heavy atom. The van der Waals surface area contributed by atoms with E-state index in [0.29, 0.717) is 37.6 Å². The summed E-state index contributed by atoms with van der Waals surface area (Å²) >= 11 is 0. The van der Waals surface area contributed by atoms with Crippen LogP contribution in [0.1, 0.15) is 22.8 Å². The van der Waals surface area contributed by atoms with E-state index < -0.39 is 0 Å². The highest BCUT2D eigenvalue weighted by Gasteiger charge is 2.26. The molecule has 0 atom stereocenters. The van der Waals surface area contributed by atoms with E-state index in [0.717, 1.165) is 44.0 Å². The number of nitrogens with zero attached hydrogens (tertiary/aromatic N) is 4. The van der Waals surface area contributed by atoms with E-state index in [1.165, 1.54) is 11.3 Å². The van der Waals surface area contributed by atoms with Gasteiger partial charge >= 0.3 is 0 Å². The molecule has 0 N–H and O–H groups in total. The topological polar surface area (TPSA) is 57.6 Å². The summed E-state index contributed by atoms with van der Waals surface area (Å²) < 4.78 is 10.9. The van der Waals surface area contributed by atoms with Crippen LogP contribution in [0.25, 0.3) is 0 Å². The summed E-state index contributed by atoms with van der Waals surface area (Å²) in [6.07, 6.45) is 0.924. The van der Waals surface area contributed by atoms with Gasteiger partial charge in [-0.15, -0.1) is 0 Å². The van der Waals surface area contributed by atoms with Gasteiger partial charge < -0.3 is 24.2 Å². The molecule has 2 saturated heterocycles. The van der Waals surface area contributed by atoms with Gasteiger partial charge in [-0.05, 0) is 55.1 Å². The van der Waals surface area contributed by atoms with E-state index in [-0.39, 0.29) is 5.91 Å². The Bertz CT molecular complexity index is 964. The number of hydrogen-bond acceptors (Lipinski definition) is 6. The molecular weight excluding hydrogens is 404 g/mol. The number of ether oxygens (including phenoxy) is 2. The lowest BCUT2D eigenvalue weighted by atomic mass is 10.1. The normalized spacial score (nSPS) is 16.8. The second kappa shape index (κ2) is 10.0. The van der Waals surface area contributed by atoms with Crippen molar-refractivity contribution < 1.29 is 14.3 Å². The van der Waals surface area contributed by atoms with Gasteiger partial charge in [-0.2, -0.15) is 0 Å². The number of morpholine rings is 1. The average Bonchev–Trinajstić information content (AvgIpc) is 2.88. The van der Waals surface area contributed by atoms with Gasteiger partial charge in [0.2, 0.25) is 0 Å². The molecule has 2 aliphatic rings. The number of anilines is 2. The molecule has 1 amide bonds. The monoisotopic (exact) mass is 436 g/mol. The third kappa shape index (κ3) is 4.58. The molecule has 2 heterocycles. The highest BCUT2D eigenvalue weighted by molar-refractivity contribution is 6.01. The van der Waals surface area contributed by atoms with Crippen LogP contribution in [-0.4, -0.2) is 77.1 Å². The summed E-state index contributed by atoms with van der Waals surface area (Å²) in [7, 11) is 1.71. The first-order chi connectivity index (χ1) is 15.6. The standard InChI is InChI=1S/C25H32N4O3/c1-4-19-17-21(6-8-24(19)31-3)27-9-11-29(12-10-27)25(30)22-18-20(26-2)5-7-23(22)28-13-15-32-16-14-28/h5-8,17-18H,2,4,9-16H2,1,3H3. The lowest BCUT2D eigenvalue weighted by Crippen LogP contribution is -2.49. The van der Waals surface area contributed by atoms with Gasteiger partial charge in [0, 0.05) is 50.6 Å². The second-order valence-corrected chi connectivity index (χ2v) is 8.09. The van der Waals surface area contributed by atoms with Crippen LogP contribution in [-0.2, 0) is 11.2 Å². The van der Waals surface area contributed by atoms with Gasteiger partial charge in [0.15, 0.2) is 0 Å². The number of aliphatic imine (C=N–C) groups is 1. The zero-order valence-corrected chi connectivity index (χ0v) is 19.0. The van der Waals surface area contributed by atoms with Crippen molar-refractivity contribution in [2.75, 3.05) is 69.4 Å². The molecular formula is C25H32N4O3. The number of piperazine rings is 1. The maximum Gasteiger partial charge on any atom is 0.256 e. The van der Waals surface area contributed by atoms with Crippen LogP contribution in [0.5, 0.6) is 5.75 Å². The predicted molar refractivity (Wildman–Crippen MR) is 129 cm³/mol. The average molecular weight is 437 g/mol. The maximum atomic E-state index is 13.5. The number of benzene rings is 2. The molecule has 2 aromatic rings. The van der Waals surface area contributed by atoms with E-state index in [9.17, 15) is 4.79 Å². The lowest BCUT2D eigenvalue weighted by Gasteiger charge is -2.37. The molecule has 0 radical (unpaired) electrons. The van der Waals surface area contributed by atoms with E-state index in [1.54, 1.807) is 7.11 Å². The maximum absolute atomic E-state index is 13.5. The van der Waals surface area contributed by atoms with Gasteiger partial charge in [0.1, 0.15) is 5.75 Å². The predicted octanol–water partition coefficient (Wildman–Crippen LogP) is 3.39. The van der Waals surface area contributed by atoms with Gasteiger partial charge in [-0.25, -0.2) is 0 Å². The van der Waals surface area contributed by atoms with Gasteiger partial charge in [0.25, 0.3) is 5.91 Å². The molecule has 4 rings (SSSR count). The van der Waals surface area contributed by atoms with Crippen LogP contribution >= 0.6 is 0 Å². The summed E-state index contributed by atoms with van der Waals surface area (Å²) in [6.45, 7) is 11.6. The fourth-order valence-corrected chi connectivity index (χ4v) is 4.45. The van der Waals surface area contributed by atoms with Crippen molar-refractivity contribution in [1.29, 1.82) is 0 Å². The van der Waals surface area contributed by atoms with E-state index in [1.807, 2.05) is 29.2 Å². The first-order valence-corrected chi connectivity index (χ1v) is 11.3. The lowest BCUT2D eigenvalue weighted by molar-refractivity contribution is 0.0746. The van der Waals surface area contributed by atoms with Gasteiger partial charge in [-0.1, -0.05) is 6.92 Å². The molecule has 0 bridgehead atoms. The third-order valence-corrected chi connectivity index (χ3v) is 6.32. The summed E-state index contributed by atoms with van der Waals surface area (Å²) in [5.74, 6) is 0.983. The van der Waals surface area contributed by atoms with Crippen LogP contribution in [0.2, 0.25) is 0 Å². The van der Waals surface area contributed by atoms with Gasteiger partial charge in [0.05, 0.1) is 31.6 Å². The Morgan fingerprint density at radius 3 is 2.44 bits per heavy atom. The first-order valence-electron chi connectivity index (χ1n) is 11.3. The van der Waals surface area contributed by atoms with Crippen molar-refractivity contribution in [2.45, 2.75) is 13.3 Å². The number of rotatable bonds is 6. The summed E-state index contributed by atoms with van der Waals surface area (Å²) in [5.41, 5.74) is 4.75. The third-order valence-electron chi connectivity index (χ3n) is 6.32. The van der Waals surface area contributed by atoms with Crippen molar-refractivity contribution in [2.24, 2.45) is 4.99 Å². The Kier molecular flexibility index (Phi) is 6.95. The van der Waals surface area contributed by atoms with E-state index >= 15 is 0 Å². The molecule has 7 nitrogen and oxygen atoms in total. The molecule has 0 aromatic heterocycles. The number of aryl methyl sites for hydroxylation is 1. The molecule has 7 heteroatoms. The summed E-state index contributed by atoms with van der Waals surface area (Å²) in [5, 5.41) is 0. The van der Waals surface area contributed by atoms with E-state index in [4.69, 9.17) is 9.47 Å². The van der Waals surface area contributed by atoms with Crippen LogP contribution in [0, 0.1) is 0 Å². The smallest absolute Gasteiger partial charge is 0.256 e. The first kappa shape index (κ1) is 22.1. The number of methoxy groups -OCH3 is 1. The fraction of sp³-hybridized carbons (Fsp3) is 0.440. The number of carbonyl (C=O) groups is 1. The van der Waals surface area contributed by atoms with Crippen molar-refractivity contribution >= 4 is 29.7 Å². The molecule has 0 saturated carbocycles. The van der Waals surface area contributed by atoms with Crippen LogP contribution in [0.3, 0.4) is 0 Å². The van der Waals surface area contributed by atoms with Crippen molar-refractivity contribution in [3.63, 3.8) is 0 Å². The molecule has 0 unspecified atom stereocenters. The Labute approximate surface area is 190 Å². The van der Waals surface area contributed by atoms with Crippen LogP contribution < -0.4 is 14.5 Å². The zero-order chi connectivity index (χ0) is 22.5. The minimum absolute atomic E-state index is 0.0561. The molecule has 2 fully saturated rings. The van der Waals surface area contributed by atoms with Crippen molar-refractivity contribution in [3.05, 3.63) is 47.5 Å². The van der Waals surface area contributed by atoms with Crippen LogP contribution in [0.15, 0.2) is 41.4 Å². The highest BCUT2D eigenvalue weighted by Crippen LogP contribution is 2.29. The fourth-order valence-electron chi connectivity index (χ4n) is 4.45.